The first kappa shape index (κ1) is 17.4. The van der Waals surface area contributed by atoms with Crippen LogP contribution >= 0.6 is 12.2 Å². The number of hydrogen-bond donors (Lipinski definition) is 0. The van der Waals surface area contributed by atoms with Crippen molar-refractivity contribution in [2.24, 2.45) is 0 Å². The van der Waals surface area contributed by atoms with Crippen molar-refractivity contribution < 1.29 is 14.3 Å². The van der Waals surface area contributed by atoms with Crippen LogP contribution in [0.5, 0.6) is 11.5 Å². The lowest BCUT2D eigenvalue weighted by Crippen LogP contribution is -2.34. The van der Waals surface area contributed by atoms with Gasteiger partial charge in [-0.15, -0.1) is 0 Å². The predicted octanol–water partition coefficient (Wildman–Crippen LogP) is 4.08. The molecule has 2 aromatic rings. The van der Waals surface area contributed by atoms with Crippen LogP contribution in [0.25, 0.3) is 0 Å². The van der Waals surface area contributed by atoms with Gasteiger partial charge in [0.2, 0.25) is 0 Å². The molecular formula is C20H21NO3S. The Balaban J connectivity index is 1.63. The van der Waals surface area contributed by atoms with Crippen molar-refractivity contribution in [2.45, 2.75) is 19.3 Å². The number of carbonyl (C=O) groups excluding carboxylic acids is 1. The highest BCUT2D eigenvalue weighted by molar-refractivity contribution is 7.80. The predicted molar refractivity (Wildman–Crippen MR) is 102 cm³/mol. The van der Waals surface area contributed by atoms with Gasteiger partial charge in [0.25, 0.3) is 0 Å². The highest BCUT2D eigenvalue weighted by atomic mass is 32.1. The van der Waals surface area contributed by atoms with Crippen molar-refractivity contribution in [1.29, 1.82) is 0 Å². The van der Waals surface area contributed by atoms with Crippen LogP contribution in [0.1, 0.15) is 35.2 Å². The van der Waals surface area contributed by atoms with Gasteiger partial charge in [-0.3, -0.25) is 0 Å². The van der Waals surface area contributed by atoms with Gasteiger partial charge in [0.15, 0.2) is 0 Å². The van der Waals surface area contributed by atoms with E-state index in [2.05, 4.69) is 4.90 Å². The zero-order valence-corrected chi connectivity index (χ0v) is 15.1. The van der Waals surface area contributed by atoms with Crippen molar-refractivity contribution in [1.82, 2.24) is 4.90 Å². The number of thiocarbonyl (C=S) groups is 1. The lowest BCUT2D eigenvalue weighted by atomic mass is 10.1. The zero-order chi connectivity index (χ0) is 17.6. The monoisotopic (exact) mass is 355 g/mol. The van der Waals surface area contributed by atoms with Gasteiger partial charge in [0.1, 0.15) is 16.5 Å². The highest BCUT2D eigenvalue weighted by Crippen LogP contribution is 2.19. The number of rotatable bonds is 4. The maximum atomic E-state index is 12.2. The van der Waals surface area contributed by atoms with E-state index >= 15 is 0 Å². The van der Waals surface area contributed by atoms with E-state index in [0.717, 1.165) is 23.6 Å². The molecule has 2 aromatic carbocycles. The van der Waals surface area contributed by atoms with E-state index in [1.54, 1.807) is 43.5 Å². The molecule has 4 nitrogen and oxygen atoms in total. The molecule has 3 rings (SSSR count). The summed E-state index contributed by atoms with van der Waals surface area (Å²) in [6.07, 6.45) is 3.66. The maximum absolute atomic E-state index is 12.2. The largest absolute Gasteiger partial charge is 0.497 e. The highest BCUT2D eigenvalue weighted by Gasteiger charge is 2.15. The van der Waals surface area contributed by atoms with E-state index < -0.39 is 5.97 Å². The number of piperidine rings is 1. The van der Waals surface area contributed by atoms with E-state index in [-0.39, 0.29) is 0 Å². The van der Waals surface area contributed by atoms with Gasteiger partial charge in [-0.1, -0.05) is 12.2 Å². The van der Waals surface area contributed by atoms with Gasteiger partial charge in [-0.2, -0.15) is 0 Å². The Hall–Kier alpha value is -2.40. The maximum Gasteiger partial charge on any atom is 0.343 e. The molecule has 0 amide bonds. The number of hydrogen-bond acceptors (Lipinski definition) is 4. The Morgan fingerprint density at radius 3 is 2.04 bits per heavy atom. The molecule has 0 bridgehead atoms. The molecule has 1 aliphatic heterocycles. The third kappa shape index (κ3) is 4.37. The normalized spacial score (nSPS) is 14.0. The van der Waals surface area contributed by atoms with E-state index in [1.807, 2.05) is 12.1 Å². The molecule has 1 aliphatic rings. The molecule has 0 spiro atoms. The van der Waals surface area contributed by atoms with Gasteiger partial charge in [0, 0.05) is 18.7 Å². The minimum Gasteiger partial charge on any atom is -0.497 e. The van der Waals surface area contributed by atoms with Crippen LogP contribution in [0, 0.1) is 0 Å². The lowest BCUT2D eigenvalue weighted by Gasteiger charge is -2.29. The van der Waals surface area contributed by atoms with Crippen molar-refractivity contribution >= 4 is 23.2 Å². The van der Waals surface area contributed by atoms with Crippen molar-refractivity contribution in [3.63, 3.8) is 0 Å². The Morgan fingerprint density at radius 1 is 0.880 bits per heavy atom. The summed E-state index contributed by atoms with van der Waals surface area (Å²) in [7, 11) is 1.59. The van der Waals surface area contributed by atoms with Crippen LogP contribution in [0.2, 0.25) is 0 Å². The van der Waals surface area contributed by atoms with Crippen molar-refractivity contribution in [3.8, 4) is 11.5 Å². The molecule has 130 valence electrons. The van der Waals surface area contributed by atoms with Crippen LogP contribution in [-0.4, -0.2) is 36.1 Å². The van der Waals surface area contributed by atoms with Crippen molar-refractivity contribution in [3.05, 3.63) is 59.7 Å². The third-order valence-electron chi connectivity index (χ3n) is 4.28. The van der Waals surface area contributed by atoms with E-state index in [0.29, 0.717) is 17.1 Å². The van der Waals surface area contributed by atoms with Crippen LogP contribution in [0.15, 0.2) is 48.5 Å². The Bertz CT molecular complexity index is 735. The number of esters is 1. The molecule has 0 unspecified atom stereocenters. The fraction of sp³-hybridized carbons (Fsp3) is 0.300. The zero-order valence-electron chi connectivity index (χ0n) is 14.2. The van der Waals surface area contributed by atoms with Gasteiger partial charge >= 0.3 is 5.97 Å². The van der Waals surface area contributed by atoms with Gasteiger partial charge in [0.05, 0.1) is 12.7 Å². The fourth-order valence-electron chi connectivity index (χ4n) is 2.84. The fourth-order valence-corrected chi connectivity index (χ4v) is 3.16. The molecule has 1 fully saturated rings. The molecule has 0 N–H and O–H groups in total. The number of nitrogens with zero attached hydrogens (tertiary/aromatic N) is 1. The Kier molecular flexibility index (Phi) is 5.66. The third-order valence-corrected chi connectivity index (χ3v) is 4.77. The number of benzene rings is 2. The standard InChI is InChI=1S/C20H21NO3S/c1-23-17-9-7-16(8-10-17)20(22)24-18-11-5-15(6-12-18)19(25)21-13-3-2-4-14-21/h5-12H,2-4,13-14H2,1H3. The second-order valence-corrected chi connectivity index (χ2v) is 6.38. The minimum atomic E-state index is -0.394. The summed E-state index contributed by atoms with van der Waals surface area (Å²) in [4.78, 5) is 15.3. The summed E-state index contributed by atoms with van der Waals surface area (Å²) in [5.41, 5.74) is 1.47. The molecule has 0 atom stereocenters. The van der Waals surface area contributed by atoms with Gasteiger partial charge < -0.3 is 14.4 Å². The van der Waals surface area contributed by atoms with E-state index in [9.17, 15) is 4.79 Å². The van der Waals surface area contributed by atoms with E-state index in [4.69, 9.17) is 21.7 Å². The smallest absolute Gasteiger partial charge is 0.343 e. The molecule has 1 heterocycles. The second-order valence-electron chi connectivity index (χ2n) is 6.00. The van der Waals surface area contributed by atoms with Crippen molar-refractivity contribution in [2.75, 3.05) is 20.2 Å². The summed E-state index contributed by atoms with van der Waals surface area (Å²) in [5.74, 6) is 0.812. The number of methoxy groups -OCH3 is 1. The summed E-state index contributed by atoms with van der Waals surface area (Å²) in [6.45, 7) is 2.04. The van der Waals surface area contributed by atoms with Gasteiger partial charge in [-0.25, -0.2) is 4.79 Å². The van der Waals surface area contributed by atoms with Crippen LogP contribution in [0.3, 0.4) is 0 Å². The van der Waals surface area contributed by atoms with Crippen LogP contribution < -0.4 is 9.47 Å². The molecular weight excluding hydrogens is 334 g/mol. The number of carbonyl (C=O) groups is 1. The van der Waals surface area contributed by atoms with Crippen LogP contribution in [-0.2, 0) is 0 Å². The average molecular weight is 355 g/mol. The quantitative estimate of drug-likeness (QED) is 0.469. The first-order valence-electron chi connectivity index (χ1n) is 8.43. The summed E-state index contributed by atoms with van der Waals surface area (Å²) in [5, 5.41) is 0. The number of likely N-dealkylation sites (tertiary alicyclic amines) is 1. The second kappa shape index (κ2) is 8.12. The Labute approximate surface area is 153 Å². The Morgan fingerprint density at radius 2 is 1.44 bits per heavy atom. The summed E-state index contributed by atoms with van der Waals surface area (Å²) in [6, 6.07) is 14.2. The molecule has 0 aliphatic carbocycles. The SMILES string of the molecule is COc1ccc(C(=O)Oc2ccc(C(=S)N3CCCCC3)cc2)cc1. The lowest BCUT2D eigenvalue weighted by molar-refractivity contribution is 0.0734. The first-order chi connectivity index (χ1) is 12.2. The molecule has 1 saturated heterocycles. The molecule has 25 heavy (non-hydrogen) atoms. The topological polar surface area (TPSA) is 38.8 Å². The summed E-state index contributed by atoms with van der Waals surface area (Å²) < 4.78 is 10.5. The summed E-state index contributed by atoms with van der Waals surface area (Å²) >= 11 is 5.58. The first-order valence-corrected chi connectivity index (χ1v) is 8.84. The van der Waals surface area contributed by atoms with E-state index in [1.165, 1.54) is 19.3 Å². The molecule has 0 radical (unpaired) electrons. The molecule has 5 heteroatoms. The molecule has 0 aromatic heterocycles. The minimum absolute atomic E-state index is 0.394. The number of ether oxygens (including phenoxy) is 2. The van der Waals surface area contributed by atoms with Crippen LogP contribution in [0.4, 0.5) is 0 Å². The van der Waals surface area contributed by atoms with Gasteiger partial charge in [-0.05, 0) is 67.8 Å². The molecule has 0 saturated carbocycles. The average Bonchev–Trinajstić information content (AvgIpc) is 2.68.